The quantitative estimate of drug-likeness (QED) is 0.722. The Kier molecular flexibility index (Phi) is 6.99. The lowest BCUT2D eigenvalue weighted by Crippen LogP contribution is -2.34. The molecule has 4 nitrogen and oxygen atoms in total. The van der Waals surface area contributed by atoms with Crippen molar-refractivity contribution in [3.63, 3.8) is 0 Å². The topological polar surface area (TPSA) is 58.2 Å². The van der Waals surface area contributed by atoms with Crippen LogP contribution in [0.3, 0.4) is 0 Å². The Morgan fingerprint density at radius 2 is 1.88 bits per heavy atom. The van der Waals surface area contributed by atoms with E-state index in [0.717, 1.165) is 9.35 Å². The largest absolute Gasteiger partial charge is 0.352 e. The Balaban J connectivity index is 1.80. The van der Waals surface area contributed by atoms with Crippen LogP contribution in [0.25, 0.3) is 0 Å². The van der Waals surface area contributed by atoms with Gasteiger partial charge in [-0.25, -0.2) is 0 Å². The second kappa shape index (κ2) is 8.99. The first-order valence-corrected chi connectivity index (χ1v) is 9.51. The lowest BCUT2D eigenvalue weighted by Gasteiger charge is -2.21. The summed E-state index contributed by atoms with van der Waals surface area (Å²) in [7, 11) is 0. The fraction of sp³-hybridized carbons (Fsp3) is 0.333. The van der Waals surface area contributed by atoms with Crippen LogP contribution in [0.15, 0.2) is 46.3 Å². The highest BCUT2D eigenvalue weighted by atomic mass is 79.9. The Hall–Kier alpha value is -1.66. The van der Waals surface area contributed by atoms with Gasteiger partial charge >= 0.3 is 0 Å². The third-order valence-electron chi connectivity index (χ3n) is 3.58. The lowest BCUT2D eigenvalue weighted by molar-refractivity contribution is -0.122. The third-order valence-corrected chi connectivity index (χ3v) is 5.06. The highest BCUT2D eigenvalue weighted by Crippen LogP contribution is 2.25. The van der Waals surface area contributed by atoms with Crippen molar-refractivity contribution in [2.75, 3.05) is 6.54 Å². The Morgan fingerprint density at radius 1 is 1.17 bits per heavy atom. The molecule has 0 bridgehead atoms. The van der Waals surface area contributed by atoms with Crippen molar-refractivity contribution in [1.82, 2.24) is 10.6 Å². The molecule has 128 valence electrons. The Morgan fingerprint density at radius 3 is 2.46 bits per heavy atom. The van der Waals surface area contributed by atoms with E-state index in [0.29, 0.717) is 18.0 Å². The van der Waals surface area contributed by atoms with E-state index in [9.17, 15) is 9.59 Å². The van der Waals surface area contributed by atoms with E-state index in [2.05, 4.69) is 40.4 Å². The van der Waals surface area contributed by atoms with E-state index in [1.165, 1.54) is 0 Å². The van der Waals surface area contributed by atoms with E-state index in [-0.39, 0.29) is 24.3 Å². The Bertz CT molecular complexity index is 669. The number of halogens is 1. The highest BCUT2D eigenvalue weighted by molar-refractivity contribution is 9.10. The van der Waals surface area contributed by atoms with Gasteiger partial charge in [-0.1, -0.05) is 35.8 Å². The van der Waals surface area contributed by atoms with Crippen molar-refractivity contribution in [1.29, 1.82) is 0 Å². The van der Waals surface area contributed by atoms with Crippen LogP contribution in [0.1, 0.15) is 41.5 Å². The average Bonchev–Trinajstić information content (AvgIpc) is 3.07. The van der Waals surface area contributed by atoms with E-state index in [1.54, 1.807) is 23.5 Å². The number of hydrogen-bond donors (Lipinski definition) is 2. The molecular formula is C18H21BrN2O2S. The van der Waals surface area contributed by atoms with E-state index < -0.39 is 0 Å². The molecule has 0 fully saturated rings. The minimum absolute atomic E-state index is 0.0136. The summed E-state index contributed by atoms with van der Waals surface area (Å²) < 4.78 is 0.923. The molecule has 24 heavy (non-hydrogen) atoms. The molecule has 1 aromatic carbocycles. The van der Waals surface area contributed by atoms with Gasteiger partial charge < -0.3 is 10.6 Å². The maximum Gasteiger partial charge on any atom is 0.251 e. The minimum atomic E-state index is -0.172. The van der Waals surface area contributed by atoms with Crippen LogP contribution >= 0.6 is 27.3 Å². The van der Waals surface area contributed by atoms with Gasteiger partial charge in [0.05, 0.1) is 6.04 Å². The predicted molar refractivity (Wildman–Crippen MR) is 101 cm³/mol. The van der Waals surface area contributed by atoms with Crippen molar-refractivity contribution in [3.05, 3.63) is 56.7 Å². The van der Waals surface area contributed by atoms with Crippen LogP contribution in [-0.2, 0) is 4.79 Å². The zero-order chi connectivity index (χ0) is 17.5. The van der Waals surface area contributed by atoms with Crippen molar-refractivity contribution < 1.29 is 9.59 Å². The Labute approximate surface area is 154 Å². The molecule has 2 rings (SSSR count). The fourth-order valence-electron chi connectivity index (χ4n) is 2.27. The molecule has 0 spiro atoms. The molecule has 0 unspecified atom stereocenters. The first kappa shape index (κ1) is 18.7. The van der Waals surface area contributed by atoms with Gasteiger partial charge in [0.25, 0.3) is 5.91 Å². The van der Waals surface area contributed by atoms with Crippen LogP contribution in [-0.4, -0.2) is 18.4 Å². The predicted octanol–water partition coefficient (Wildman–Crippen LogP) is 4.14. The van der Waals surface area contributed by atoms with Gasteiger partial charge in [-0.15, -0.1) is 11.3 Å². The number of rotatable bonds is 7. The van der Waals surface area contributed by atoms with Gasteiger partial charge in [0, 0.05) is 27.9 Å². The fourth-order valence-corrected chi connectivity index (χ4v) is 3.49. The molecular weight excluding hydrogens is 388 g/mol. The van der Waals surface area contributed by atoms with Crippen LogP contribution in [0.2, 0.25) is 0 Å². The lowest BCUT2D eigenvalue weighted by atomic mass is 10.0. The van der Waals surface area contributed by atoms with Crippen molar-refractivity contribution >= 4 is 39.1 Å². The summed E-state index contributed by atoms with van der Waals surface area (Å²) in [5.74, 6) is 0.0807. The molecule has 0 saturated heterocycles. The number of thiophene rings is 1. The zero-order valence-electron chi connectivity index (χ0n) is 13.7. The standard InChI is InChI=1S/C18H21BrN2O2S/c1-12(2)17(15-4-3-11-24-15)21-16(22)9-10-20-18(23)13-5-7-14(19)8-6-13/h3-8,11-12,17H,9-10H2,1-2H3,(H,20,23)(H,21,22)/t17-/m1/s1. The number of carbonyl (C=O) groups is 2. The van der Waals surface area contributed by atoms with Crippen LogP contribution in [0, 0.1) is 5.92 Å². The molecule has 2 aromatic rings. The number of benzene rings is 1. The second-order valence-corrected chi connectivity index (χ2v) is 7.71. The number of hydrogen-bond acceptors (Lipinski definition) is 3. The second-order valence-electron chi connectivity index (χ2n) is 5.82. The SMILES string of the molecule is CC(C)[C@@H](NC(=O)CCNC(=O)c1ccc(Br)cc1)c1cccs1. The number of nitrogens with one attached hydrogen (secondary N) is 2. The summed E-state index contributed by atoms with van der Waals surface area (Å²) in [6.07, 6.45) is 0.261. The van der Waals surface area contributed by atoms with E-state index in [4.69, 9.17) is 0 Å². The van der Waals surface area contributed by atoms with Crippen LogP contribution < -0.4 is 10.6 Å². The van der Waals surface area contributed by atoms with Gasteiger partial charge in [-0.2, -0.15) is 0 Å². The molecule has 0 saturated carbocycles. The maximum absolute atomic E-state index is 12.2. The van der Waals surface area contributed by atoms with Crippen LogP contribution in [0.5, 0.6) is 0 Å². The summed E-state index contributed by atoms with van der Waals surface area (Å²) in [5, 5.41) is 7.84. The maximum atomic E-state index is 12.2. The number of carbonyl (C=O) groups excluding carboxylic acids is 2. The molecule has 2 amide bonds. The molecule has 6 heteroatoms. The molecule has 1 atom stereocenters. The van der Waals surface area contributed by atoms with E-state index in [1.807, 2.05) is 29.6 Å². The molecule has 0 aliphatic rings. The first-order valence-electron chi connectivity index (χ1n) is 7.84. The first-order chi connectivity index (χ1) is 11.5. The number of amides is 2. The highest BCUT2D eigenvalue weighted by Gasteiger charge is 2.19. The summed E-state index contributed by atoms with van der Waals surface area (Å²) in [6, 6.07) is 11.1. The van der Waals surface area contributed by atoms with Gasteiger partial charge in [0.15, 0.2) is 0 Å². The summed E-state index contributed by atoms with van der Waals surface area (Å²) >= 11 is 4.97. The van der Waals surface area contributed by atoms with Crippen molar-refractivity contribution in [2.45, 2.75) is 26.3 Å². The van der Waals surface area contributed by atoms with Gasteiger partial charge in [0.1, 0.15) is 0 Å². The smallest absolute Gasteiger partial charge is 0.251 e. The summed E-state index contributed by atoms with van der Waals surface area (Å²) in [5.41, 5.74) is 0.581. The monoisotopic (exact) mass is 408 g/mol. The molecule has 1 aromatic heterocycles. The average molecular weight is 409 g/mol. The van der Waals surface area contributed by atoms with Crippen molar-refractivity contribution in [2.24, 2.45) is 5.92 Å². The summed E-state index contributed by atoms with van der Waals surface area (Å²) in [4.78, 5) is 25.3. The van der Waals surface area contributed by atoms with Crippen molar-refractivity contribution in [3.8, 4) is 0 Å². The van der Waals surface area contributed by atoms with E-state index >= 15 is 0 Å². The summed E-state index contributed by atoms with van der Waals surface area (Å²) in [6.45, 7) is 4.48. The minimum Gasteiger partial charge on any atom is -0.352 e. The van der Waals surface area contributed by atoms with Gasteiger partial charge in [-0.3, -0.25) is 9.59 Å². The molecule has 0 radical (unpaired) electrons. The third kappa shape index (κ3) is 5.46. The van der Waals surface area contributed by atoms with Crippen LogP contribution in [0.4, 0.5) is 0 Å². The molecule has 0 aliphatic carbocycles. The zero-order valence-corrected chi connectivity index (χ0v) is 16.1. The molecule has 2 N–H and O–H groups in total. The molecule has 0 aliphatic heterocycles. The normalized spacial score (nSPS) is 12.0. The van der Waals surface area contributed by atoms with Gasteiger partial charge in [-0.05, 0) is 41.6 Å². The van der Waals surface area contributed by atoms with Gasteiger partial charge in [0.2, 0.25) is 5.91 Å². The molecule has 1 heterocycles.